The molecule has 4 nitrogen and oxygen atoms in total. The molecule has 0 aromatic rings. The van der Waals surface area contributed by atoms with Gasteiger partial charge in [-0.2, -0.15) is 0 Å². The predicted octanol–water partition coefficient (Wildman–Crippen LogP) is 1.70. The molecular weight excluding hydrogens is 216 g/mol. The van der Waals surface area contributed by atoms with Crippen LogP contribution in [-0.4, -0.2) is 47.7 Å². The number of carbonyl (C=O) groups is 1. The van der Waals surface area contributed by atoms with Gasteiger partial charge in [0.15, 0.2) is 0 Å². The molecule has 100 valence electrons. The molecule has 1 unspecified atom stereocenters. The monoisotopic (exact) mass is 242 g/mol. The number of likely N-dealkylation sites (N-methyl/N-ethyl adjacent to an activating group) is 1. The largest absolute Gasteiger partial charge is 0.480 e. The molecule has 1 atom stereocenters. The van der Waals surface area contributed by atoms with Crippen LogP contribution in [0, 0.1) is 0 Å². The van der Waals surface area contributed by atoms with Crippen LogP contribution < -0.4 is 5.32 Å². The number of nitrogens with zero attached hydrogens (tertiary/aromatic N) is 1. The highest BCUT2D eigenvalue weighted by atomic mass is 16.4. The lowest BCUT2D eigenvalue weighted by atomic mass is 9.95. The van der Waals surface area contributed by atoms with Crippen molar-refractivity contribution in [2.75, 3.05) is 20.1 Å². The first-order valence-corrected chi connectivity index (χ1v) is 6.68. The summed E-state index contributed by atoms with van der Waals surface area (Å²) in [6.07, 6.45) is 5.42. The standard InChI is InChI=1S/C13H26N2O2/c1-4-14-13(2,12(16)17)9-5-6-10-15(3)11-7-8-11/h11,14H,4-10H2,1-3H3,(H,16,17). The van der Waals surface area contributed by atoms with Gasteiger partial charge in [0.1, 0.15) is 5.54 Å². The minimum absolute atomic E-state index is 0.699. The lowest BCUT2D eigenvalue weighted by Gasteiger charge is -2.26. The highest BCUT2D eigenvalue weighted by molar-refractivity contribution is 5.78. The molecule has 0 aromatic heterocycles. The normalized spacial score (nSPS) is 19.3. The van der Waals surface area contributed by atoms with Gasteiger partial charge in [-0.3, -0.25) is 4.79 Å². The Hall–Kier alpha value is -0.610. The van der Waals surface area contributed by atoms with Crippen molar-refractivity contribution in [3.8, 4) is 0 Å². The first kappa shape index (κ1) is 14.5. The van der Waals surface area contributed by atoms with Crippen molar-refractivity contribution in [1.82, 2.24) is 10.2 Å². The summed E-state index contributed by atoms with van der Waals surface area (Å²) >= 11 is 0. The van der Waals surface area contributed by atoms with Crippen LogP contribution in [0.15, 0.2) is 0 Å². The Bertz CT molecular complexity index is 254. The average Bonchev–Trinajstić information content (AvgIpc) is 3.08. The zero-order valence-corrected chi connectivity index (χ0v) is 11.3. The molecule has 0 bridgehead atoms. The average molecular weight is 242 g/mol. The summed E-state index contributed by atoms with van der Waals surface area (Å²) in [5.41, 5.74) is -0.757. The van der Waals surface area contributed by atoms with Gasteiger partial charge in [0, 0.05) is 6.04 Å². The van der Waals surface area contributed by atoms with E-state index in [1.165, 1.54) is 12.8 Å². The molecule has 0 aromatic carbocycles. The maximum Gasteiger partial charge on any atom is 0.323 e. The summed E-state index contributed by atoms with van der Waals surface area (Å²) < 4.78 is 0. The Morgan fingerprint density at radius 3 is 2.59 bits per heavy atom. The van der Waals surface area contributed by atoms with Crippen molar-refractivity contribution < 1.29 is 9.90 Å². The van der Waals surface area contributed by atoms with Crippen molar-refractivity contribution in [1.29, 1.82) is 0 Å². The fraction of sp³-hybridized carbons (Fsp3) is 0.923. The first-order chi connectivity index (χ1) is 7.99. The van der Waals surface area contributed by atoms with E-state index < -0.39 is 11.5 Å². The van der Waals surface area contributed by atoms with Gasteiger partial charge in [0.05, 0.1) is 0 Å². The third-order valence-electron chi connectivity index (χ3n) is 3.65. The van der Waals surface area contributed by atoms with Gasteiger partial charge in [-0.05, 0) is 59.2 Å². The number of carboxylic acids is 1. The molecule has 1 rings (SSSR count). The molecule has 0 radical (unpaired) electrons. The predicted molar refractivity (Wildman–Crippen MR) is 69.2 cm³/mol. The Kier molecular flexibility index (Phi) is 5.40. The van der Waals surface area contributed by atoms with E-state index in [0.717, 1.165) is 25.4 Å². The van der Waals surface area contributed by atoms with Gasteiger partial charge >= 0.3 is 5.97 Å². The molecule has 0 amide bonds. The molecule has 0 aliphatic heterocycles. The minimum atomic E-state index is -0.757. The third kappa shape index (κ3) is 4.64. The lowest BCUT2D eigenvalue weighted by Crippen LogP contribution is -2.49. The molecule has 2 N–H and O–H groups in total. The number of hydrogen-bond acceptors (Lipinski definition) is 3. The zero-order valence-electron chi connectivity index (χ0n) is 11.3. The Morgan fingerprint density at radius 1 is 1.47 bits per heavy atom. The van der Waals surface area contributed by atoms with Crippen LogP contribution in [0.2, 0.25) is 0 Å². The summed E-state index contributed by atoms with van der Waals surface area (Å²) in [7, 11) is 2.17. The van der Waals surface area contributed by atoms with Gasteiger partial charge < -0.3 is 15.3 Å². The van der Waals surface area contributed by atoms with Crippen molar-refractivity contribution in [2.45, 2.75) is 57.5 Å². The summed E-state index contributed by atoms with van der Waals surface area (Å²) in [5, 5.41) is 12.3. The molecule has 1 fully saturated rings. The quantitative estimate of drug-likeness (QED) is 0.604. The zero-order chi connectivity index (χ0) is 12.9. The second-order valence-electron chi connectivity index (χ2n) is 5.34. The van der Waals surface area contributed by atoms with Crippen LogP contribution in [0.25, 0.3) is 0 Å². The van der Waals surface area contributed by atoms with E-state index in [1.54, 1.807) is 6.92 Å². The van der Waals surface area contributed by atoms with E-state index in [4.69, 9.17) is 0 Å². The number of unbranched alkanes of at least 4 members (excludes halogenated alkanes) is 1. The maximum atomic E-state index is 11.2. The molecule has 1 aliphatic rings. The van der Waals surface area contributed by atoms with Gasteiger partial charge in [-0.25, -0.2) is 0 Å². The number of carboxylic acid groups (broad SMARTS) is 1. The minimum Gasteiger partial charge on any atom is -0.480 e. The van der Waals surface area contributed by atoms with Crippen LogP contribution in [0.3, 0.4) is 0 Å². The second kappa shape index (κ2) is 6.36. The Labute approximate surface area is 104 Å². The summed E-state index contributed by atoms with van der Waals surface area (Å²) in [6.45, 7) is 5.52. The number of rotatable bonds is 9. The van der Waals surface area contributed by atoms with Gasteiger partial charge in [0.25, 0.3) is 0 Å². The first-order valence-electron chi connectivity index (χ1n) is 6.68. The SMILES string of the molecule is CCNC(C)(CCCCN(C)C1CC1)C(=O)O. The Morgan fingerprint density at radius 2 is 2.12 bits per heavy atom. The van der Waals surface area contributed by atoms with Crippen LogP contribution >= 0.6 is 0 Å². The van der Waals surface area contributed by atoms with Crippen LogP contribution in [0.5, 0.6) is 0 Å². The molecule has 0 heterocycles. The third-order valence-corrected chi connectivity index (χ3v) is 3.65. The van der Waals surface area contributed by atoms with E-state index in [2.05, 4.69) is 17.3 Å². The molecular formula is C13H26N2O2. The molecule has 17 heavy (non-hydrogen) atoms. The highest BCUT2D eigenvalue weighted by Crippen LogP contribution is 2.25. The molecule has 1 aliphatic carbocycles. The van der Waals surface area contributed by atoms with Crippen LogP contribution in [-0.2, 0) is 4.79 Å². The topological polar surface area (TPSA) is 52.6 Å². The second-order valence-corrected chi connectivity index (χ2v) is 5.34. The van der Waals surface area contributed by atoms with E-state index >= 15 is 0 Å². The molecule has 4 heteroatoms. The number of hydrogen-bond donors (Lipinski definition) is 2. The maximum absolute atomic E-state index is 11.2. The van der Waals surface area contributed by atoms with Crippen molar-refractivity contribution in [3.63, 3.8) is 0 Å². The van der Waals surface area contributed by atoms with Crippen LogP contribution in [0.4, 0.5) is 0 Å². The smallest absolute Gasteiger partial charge is 0.323 e. The van der Waals surface area contributed by atoms with Crippen molar-refractivity contribution >= 4 is 5.97 Å². The summed E-state index contributed by atoms with van der Waals surface area (Å²) in [6, 6.07) is 0.801. The Balaban J connectivity index is 2.19. The highest BCUT2D eigenvalue weighted by Gasteiger charge is 2.31. The van der Waals surface area contributed by atoms with Crippen molar-refractivity contribution in [3.05, 3.63) is 0 Å². The number of nitrogens with one attached hydrogen (secondary N) is 1. The molecule has 0 spiro atoms. The van der Waals surface area contributed by atoms with Gasteiger partial charge in [-0.1, -0.05) is 6.92 Å². The summed E-state index contributed by atoms with van der Waals surface area (Å²) in [4.78, 5) is 13.6. The fourth-order valence-electron chi connectivity index (χ4n) is 2.20. The van der Waals surface area contributed by atoms with E-state index in [0.29, 0.717) is 13.0 Å². The van der Waals surface area contributed by atoms with Gasteiger partial charge in [0.2, 0.25) is 0 Å². The van der Waals surface area contributed by atoms with E-state index in [1.807, 2.05) is 6.92 Å². The fourth-order valence-corrected chi connectivity index (χ4v) is 2.20. The summed E-state index contributed by atoms with van der Waals surface area (Å²) in [5.74, 6) is -0.741. The van der Waals surface area contributed by atoms with E-state index in [-0.39, 0.29) is 0 Å². The van der Waals surface area contributed by atoms with Crippen molar-refractivity contribution in [2.24, 2.45) is 0 Å². The number of aliphatic carboxylic acids is 1. The van der Waals surface area contributed by atoms with Crippen LogP contribution in [0.1, 0.15) is 46.0 Å². The lowest BCUT2D eigenvalue weighted by molar-refractivity contribution is -0.144. The van der Waals surface area contributed by atoms with Gasteiger partial charge in [-0.15, -0.1) is 0 Å². The molecule has 1 saturated carbocycles. The van der Waals surface area contributed by atoms with E-state index in [9.17, 15) is 9.90 Å². The molecule has 0 saturated heterocycles.